The molecule has 0 spiro atoms. The number of halogens is 3. The molecule has 0 atom stereocenters. The molecular formula is C19H15ClF2N4O. The van der Waals surface area contributed by atoms with Crippen LogP contribution in [0, 0.1) is 11.6 Å². The highest BCUT2D eigenvalue weighted by Gasteiger charge is 2.25. The van der Waals surface area contributed by atoms with Crippen molar-refractivity contribution in [3.63, 3.8) is 0 Å². The minimum atomic E-state index is -0.550. The zero-order chi connectivity index (χ0) is 19.0. The van der Waals surface area contributed by atoms with Gasteiger partial charge in [0.25, 0.3) is 0 Å². The lowest BCUT2D eigenvalue weighted by Crippen LogP contribution is -2.41. The normalized spacial score (nSPS) is 13.4. The molecule has 1 aromatic heterocycles. The van der Waals surface area contributed by atoms with Gasteiger partial charge < -0.3 is 10.2 Å². The van der Waals surface area contributed by atoms with E-state index in [2.05, 4.69) is 10.4 Å². The second kappa shape index (κ2) is 7.00. The van der Waals surface area contributed by atoms with Gasteiger partial charge in [0, 0.05) is 23.4 Å². The fourth-order valence-electron chi connectivity index (χ4n) is 3.10. The van der Waals surface area contributed by atoms with E-state index in [0.717, 1.165) is 5.69 Å². The van der Waals surface area contributed by atoms with Crippen LogP contribution in [0.25, 0.3) is 11.1 Å². The molecule has 8 heteroatoms. The molecule has 0 unspecified atom stereocenters. The lowest BCUT2D eigenvalue weighted by molar-refractivity contribution is 0.194. The van der Waals surface area contributed by atoms with Gasteiger partial charge in [0.2, 0.25) is 0 Å². The zero-order valence-electron chi connectivity index (χ0n) is 14.1. The van der Waals surface area contributed by atoms with Gasteiger partial charge in [0.15, 0.2) is 0 Å². The molecule has 0 bridgehead atoms. The molecule has 1 aliphatic rings. The van der Waals surface area contributed by atoms with Gasteiger partial charge in [0.05, 0.1) is 30.0 Å². The number of hydrogen-bond donors (Lipinski definition) is 1. The highest BCUT2D eigenvalue weighted by Crippen LogP contribution is 2.29. The SMILES string of the molecule is O=C(Nc1ccc(F)c(Cl)c1)N1CCn2ncc(-c3ccccc3F)c2C1. The second-order valence-corrected chi connectivity index (χ2v) is 6.60. The van der Waals surface area contributed by atoms with E-state index in [-0.39, 0.29) is 23.4 Å². The van der Waals surface area contributed by atoms with Gasteiger partial charge in [-0.1, -0.05) is 29.8 Å². The van der Waals surface area contributed by atoms with Crippen LogP contribution in [0.3, 0.4) is 0 Å². The molecule has 1 aliphatic heterocycles. The number of nitrogens with one attached hydrogen (secondary N) is 1. The third kappa shape index (κ3) is 3.38. The summed E-state index contributed by atoms with van der Waals surface area (Å²) in [6, 6.07) is 10.1. The second-order valence-electron chi connectivity index (χ2n) is 6.19. The Balaban J connectivity index is 1.56. The number of nitrogens with zero attached hydrogens (tertiary/aromatic N) is 3. The minimum absolute atomic E-state index is 0.0636. The summed E-state index contributed by atoms with van der Waals surface area (Å²) >= 11 is 5.75. The number of amides is 2. The molecule has 0 aliphatic carbocycles. The summed E-state index contributed by atoms with van der Waals surface area (Å²) in [5.41, 5.74) is 2.28. The highest BCUT2D eigenvalue weighted by molar-refractivity contribution is 6.31. The molecule has 0 saturated carbocycles. The van der Waals surface area contributed by atoms with Crippen LogP contribution >= 0.6 is 11.6 Å². The minimum Gasteiger partial charge on any atom is -0.317 e. The first kappa shape index (κ1) is 17.5. The third-order valence-corrected chi connectivity index (χ3v) is 4.78. The third-order valence-electron chi connectivity index (χ3n) is 4.49. The summed E-state index contributed by atoms with van der Waals surface area (Å²) in [5, 5.41) is 6.95. The molecule has 0 fully saturated rings. The number of carbonyl (C=O) groups excluding carboxylic acids is 1. The van der Waals surface area contributed by atoms with E-state index in [1.165, 1.54) is 24.3 Å². The summed E-state index contributed by atoms with van der Waals surface area (Å²) < 4.78 is 29.2. The topological polar surface area (TPSA) is 50.2 Å². The first-order valence-electron chi connectivity index (χ1n) is 8.33. The van der Waals surface area contributed by atoms with Crippen LogP contribution < -0.4 is 5.32 Å². The van der Waals surface area contributed by atoms with Crippen LogP contribution in [-0.2, 0) is 13.1 Å². The van der Waals surface area contributed by atoms with Crippen molar-refractivity contribution < 1.29 is 13.6 Å². The lowest BCUT2D eigenvalue weighted by Gasteiger charge is -2.28. The van der Waals surface area contributed by atoms with E-state index in [1.807, 2.05) is 0 Å². The summed E-state index contributed by atoms with van der Waals surface area (Å²) in [7, 11) is 0. The average Bonchev–Trinajstić information content (AvgIpc) is 3.08. The van der Waals surface area contributed by atoms with Gasteiger partial charge in [-0.25, -0.2) is 13.6 Å². The Bertz CT molecular complexity index is 1020. The number of hydrogen-bond acceptors (Lipinski definition) is 2. The van der Waals surface area contributed by atoms with Crippen LogP contribution in [0.15, 0.2) is 48.7 Å². The van der Waals surface area contributed by atoms with Gasteiger partial charge in [-0.05, 0) is 24.3 Å². The maximum Gasteiger partial charge on any atom is 0.322 e. The fraction of sp³-hybridized carbons (Fsp3) is 0.158. The van der Waals surface area contributed by atoms with Crippen molar-refractivity contribution in [3.8, 4) is 11.1 Å². The molecule has 138 valence electrons. The molecule has 2 amide bonds. The predicted molar refractivity (Wildman–Crippen MR) is 98.5 cm³/mol. The maximum absolute atomic E-state index is 14.2. The summed E-state index contributed by atoms with van der Waals surface area (Å²) in [4.78, 5) is 14.2. The molecule has 2 heterocycles. The Morgan fingerprint density at radius 1 is 1.07 bits per heavy atom. The highest BCUT2D eigenvalue weighted by atomic mass is 35.5. The van der Waals surface area contributed by atoms with E-state index in [0.29, 0.717) is 29.9 Å². The van der Waals surface area contributed by atoms with Crippen LogP contribution in [0.2, 0.25) is 5.02 Å². The van der Waals surface area contributed by atoms with E-state index in [9.17, 15) is 13.6 Å². The number of aromatic nitrogens is 2. The molecule has 2 aromatic carbocycles. The standard InChI is InChI=1S/C19H15ClF2N4O/c20-15-9-12(5-6-17(15)22)24-19(27)25-7-8-26-18(11-25)14(10-23-26)13-3-1-2-4-16(13)21/h1-6,9-10H,7-8,11H2,(H,24,27). The van der Waals surface area contributed by atoms with Crippen LogP contribution in [0.4, 0.5) is 19.3 Å². The monoisotopic (exact) mass is 388 g/mol. The van der Waals surface area contributed by atoms with E-state index >= 15 is 0 Å². The van der Waals surface area contributed by atoms with Crippen molar-refractivity contribution >= 4 is 23.3 Å². The first-order valence-corrected chi connectivity index (χ1v) is 8.71. The van der Waals surface area contributed by atoms with Crippen molar-refractivity contribution in [1.82, 2.24) is 14.7 Å². The summed E-state index contributed by atoms with van der Waals surface area (Å²) in [5.74, 6) is -0.887. The van der Waals surface area contributed by atoms with Crippen LogP contribution in [0.1, 0.15) is 5.69 Å². The first-order chi connectivity index (χ1) is 13.0. The van der Waals surface area contributed by atoms with E-state index < -0.39 is 5.82 Å². The molecule has 27 heavy (non-hydrogen) atoms. The van der Waals surface area contributed by atoms with Gasteiger partial charge in [0.1, 0.15) is 11.6 Å². The lowest BCUT2D eigenvalue weighted by atomic mass is 10.0. The van der Waals surface area contributed by atoms with E-state index in [4.69, 9.17) is 11.6 Å². The number of anilines is 1. The smallest absolute Gasteiger partial charge is 0.317 e. The Labute approximate surface area is 159 Å². The van der Waals surface area contributed by atoms with Gasteiger partial charge in [-0.2, -0.15) is 5.10 Å². The molecule has 1 N–H and O–H groups in total. The molecular weight excluding hydrogens is 374 g/mol. The van der Waals surface area contributed by atoms with Crippen molar-refractivity contribution in [3.05, 3.63) is 71.0 Å². The Hall–Kier alpha value is -2.93. The number of rotatable bonds is 2. The van der Waals surface area contributed by atoms with E-state index in [1.54, 1.807) is 34.0 Å². The average molecular weight is 389 g/mol. The summed E-state index contributed by atoms with van der Waals surface area (Å²) in [6.07, 6.45) is 1.62. The number of fused-ring (bicyclic) bond motifs is 1. The maximum atomic E-state index is 14.2. The predicted octanol–water partition coefficient (Wildman–Crippen LogP) is 4.53. The van der Waals surface area contributed by atoms with Crippen molar-refractivity contribution in [2.75, 3.05) is 11.9 Å². The zero-order valence-corrected chi connectivity index (χ0v) is 14.9. The number of carbonyl (C=O) groups is 1. The summed E-state index contributed by atoms with van der Waals surface area (Å²) in [6.45, 7) is 1.23. The van der Waals surface area contributed by atoms with Crippen molar-refractivity contribution in [2.24, 2.45) is 0 Å². The molecule has 0 radical (unpaired) electrons. The molecule has 5 nitrogen and oxygen atoms in total. The Morgan fingerprint density at radius 2 is 1.89 bits per heavy atom. The number of benzene rings is 2. The van der Waals surface area contributed by atoms with Crippen molar-refractivity contribution in [2.45, 2.75) is 13.1 Å². The van der Waals surface area contributed by atoms with Crippen LogP contribution in [-0.4, -0.2) is 27.3 Å². The quantitative estimate of drug-likeness (QED) is 0.701. The van der Waals surface area contributed by atoms with Gasteiger partial charge in [-0.15, -0.1) is 0 Å². The molecule has 4 rings (SSSR count). The van der Waals surface area contributed by atoms with Crippen molar-refractivity contribution in [1.29, 1.82) is 0 Å². The van der Waals surface area contributed by atoms with Gasteiger partial charge >= 0.3 is 6.03 Å². The fourth-order valence-corrected chi connectivity index (χ4v) is 3.28. The van der Waals surface area contributed by atoms with Crippen LogP contribution in [0.5, 0.6) is 0 Å². The molecule has 0 saturated heterocycles. The largest absolute Gasteiger partial charge is 0.322 e. The Morgan fingerprint density at radius 3 is 2.67 bits per heavy atom. The Kier molecular flexibility index (Phi) is 4.53. The molecule has 3 aromatic rings. The van der Waals surface area contributed by atoms with Gasteiger partial charge in [-0.3, -0.25) is 4.68 Å². The number of urea groups is 1.